The first-order valence-corrected chi connectivity index (χ1v) is 10.3. The molecule has 2 unspecified atom stereocenters. The molecule has 0 saturated carbocycles. The molecule has 3 rings (SSSR count). The van der Waals surface area contributed by atoms with Crippen LogP contribution in [-0.4, -0.2) is 64.3 Å². The summed E-state index contributed by atoms with van der Waals surface area (Å²) in [6.45, 7) is 7.79. The highest BCUT2D eigenvalue weighted by Crippen LogP contribution is 2.34. The number of furan rings is 1. The molecule has 0 radical (unpaired) electrons. The molecule has 2 atom stereocenters. The Morgan fingerprint density at radius 2 is 1.13 bits per heavy atom. The molecule has 1 aromatic heterocycles. The van der Waals surface area contributed by atoms with Gasteiger partial charge in [-0.1, -0.05) is 13.8 Å². The van der Waals surface area contributed by atoms with Gasteiger partial charge in [0.15, 0.2) is 0 Å². The lowest BCUT2D eigenvalue weighted by molar-refractivity contribution is 0.222. The van der Waals surface area contributed by atoms with Gasteiger partial charge in [0.1, 0.15) is 22.7 Å². The van der Waals surface area contributed by atoms with Crippen LogP contribution in [0.25, 0.3) is 21.9 Å². The Hall–Kier alpha value is -1.95. The van der Waals surface area contributed by atoms with Crippen molar-refractivity contribution in [1.29, 1.82) is 0 Å². The van der Waals surface area contributed by atoms with E-state index in [1.54, 1.807) is 0 Å². The number of ether oxygens (including phenoxy) is 2. The first kappa shape index (κ1) is 24.3. The van der Waals surface area contributed by atoms with E-state index >= 15 is 0 Å². The van der Waals surface area contributed by atoms with E-state index in [1.807, 2.05) is 24.3 Å². The van der Waals surface area contributed by atoms with E-state index in [2.05, 4.69) is 64.0 Å². The lowest BCUT2D eigenvalue weighted by atomic mass is 10.1. The number of fused-ring (bicyclic) bond motifs is 3. The molecule has 30 heavy (non-hydrogen) atoms. The van der Waals surface area contributed by atoms with Gasteiger partial charge >= 0.3 is 0 Å². The van der Waals surface area contributed by atoms with Crippen molar-refractivity contribution >= 4 is 34.3 Å². The quantitative estimate of drug-likeness (QED) is 0.440. The largest absolute Gasteiger partial charge is 0.493 e. The third-order valence-electron chi connectivity index (χ3n) is 4.83. The molecule has 5 nitrogen and oxygen atoms in total. The number of halogens is 1. The maximum Gasteiger partial charge on any atom is 0.135 e. The lowest BCUT2D eigenvalue weighted by Crippen LogP contribution is -2.24. The Labute approximate surface area is 186 Å². The molecule has 2 aromatic carbocycles. The summed E-state index contributed by atoms with van der Waals surface area (Å²) in [6, 6.07) is 12.1. The predicted molar refractivity (Wildman–Crippen MR) is 127 cm³/mol. The van der Waals surface area contributed by atoms with Crippen LogP contribution < -0.4 is 9.47 Å². The first-order valence-electron chi connectivity index (χ1n) is 10.3. The average molecular weight is 435 g/mol. The van der Waals surface area contributed by atoms with Crippen LogP contribution in [0, 0.1) is 11.8 Å². The Balaban J connectivity index is 0.00000320. The van der Waals surface area contributed by atoms with Crippen LogP contribution in [0.15, 0.2) is 40.8 Å². The molecular weight excluding hydrogens is 400 g/mol. The summed E-state index contributed by atoms with van der Waals surface area (Å²) in [5.74, 6) is 2.67. The van der Waals surface area contributed by atoms with E-state index in [-0.39, 0.29) is 12.4 Å². The van der Waals surface area contributed by atoms with Crippen molar-refractivity contribution in [2.75, 3.05) is 54.5 Å². The van der Waals surface area contributed by atoms with Crippen LogP contribution in [0.5, 0.6) is 11.5 Å². The second-order valence-corrected chi connectivity index (χ2v) is 8.77. The van der Waals surface area contributed by atoms with Crippen LogP contribution in [0.4, 0.5) is 0 Å². The van der Waals surface area contributed by atoms with E-state index in [4.69, 9.17) is 13.9 Å². The third kappa shape index (κ3) is 6.53. The summed E-state index contributed by atoms with van der Waals surface area (Å²) in [6.07, 6.45) is 0. The van der Waals surface area contributed by atoms with Crippen molar-refractivity contribution in [1.82, 2.24) is 9.80 Å². The molecule has 0 aliphatic carbocycles. The second-order valence-electron chi connectivity index (χ2n) is 8.77. The zero-order chi connectivity index (χ0) is 21.0. The molecule has 0 saturated heterocycles. The summed E-state index contributed by atoms with van der Waals surface area (Å²) < 4.78 is 18.1. The highest BCUT2D eigenvalue weighted by Gasteiger charge is 2.12. The van der Waals surface area contributed by atoms with Crippen LogP contribution in [-0.2, 0) is 0 Å². The van der Waals surface area contributed by atoms with Crippen LogP contribution >= 0.6 is 12.4 Å². The Kier molecular flexibility index (Phi) is 8.83. The van der Waals surface area contributed by atoms with Gasteiger partial charge in [-0.15, -0.1) is 12.4 Å². The van der Waals surface area contributed by atoms with Crippen LogP contribution in [0.3, 0.4) is 0 Å². The smallest absolute Gasteiger partial charge is 0.135 e. The van der Waals surface area contributed by atoms with Gasteiger partial charge in [-0.2, -0.15) is 0 Å². The molecule has 6 heteroatoms. The second kappa shape index (κ2) is 10.9. The summed E-state index contributed by atoms with van der Waals surface area (Å²) in [4.78, 5) is 4.36. The van der Waals surface area contributed by atoms with Crippen LogP contribution in [0.1, 0.15) is 13.8 Å². The number of hydrogen-bond acceptors (Lipinski definition) is 5. The van der Waals surface area contributed by atoms with E-state index < -0.39 is 0 Å². The molecular formula is C24H35ClN2O3. The lowest BCUT2D eigenvalue weighted by Gasteiger charge is -2.17. The standard InChI is InChI=1S/C24H34N2O3.ClH/c1-17(13-25(3)4)15-27-19-7-9-23-21(11-19)22-12-20(8-10-24(22)29-23)28-16-18(2)14-26(5)6;/h7-12,17-18H,13-16H2,1-6H3;1H. The fourth-order valence-corrected chi connectivity index (χ4v) is 3.74. The molecule has 0 aliphatic rings. The molecule has 0 spiro atoms. The molecule has 3 aromatic rings. The first-order chi connectivity index (χ1) is 13.8. The maximum absolute atomic E-state index is 6.04. The summed E-state index contributed by atoms with van der Waals surface area (Å²) >= 11 is 0. The van der Waals surface area contributed by atoms with Gasteiger partial charge in [-0.05, 0) is 64.6 Å². The summed E-state index contributed by atoms with van der Waals surface area (Å²) in [7, 11) is 8.34. The minimum atomic E-state index is 0. The highest BCUT2D eigenvalue weighted by molar-refractivity contribution is 6.05. The maximum atomic E-state index is 6.04. The fourth-order valence-electron chi connectivity index (χ4n) is 3.74. The van der Waals surface area contributed by atoms with Gasteiger partial charge in [0.05, 0.1) is 13.2 Å². The Bertz CT molecular complexity index is 864. The van der Waals surface area contributed by atoms with Crippen molar-refractivity contribution < 1.29 is 13.9 Å². The van der Waals surface area contributed by atoms with Gasteiger partial charge < -0.3 is 23.7 Å². The third-order valence-corrected chi connectivity index (χ3v) is 4.83. The van der Waals surface area contributed by atoms with Crippen LogP contribution in [0.2, 0.25) is 0 Å². The topological polar surface area (TPSA) is 38.1 Å². The van der Waals surface area contributed by atoms with Gasteiger partial charge in [0, 0.05) is 35.7 Å². The molecule has 1 heterocycles. The van der Waals surface area contributed by atoms with Gasteiger partial charge in [-0.3, -0.25) is 0 Å². The normalized spacial score (nSPS) is 13.6. The molecule has 0 N–H and O–H groups in total. The molecule has 0 fully saturated rings. The minimum absolute atomic E-state index is 0. The number of hydrogen-bond donors (Lipinski definition) is 0. The van der Waals surface area contributed by atoms with Crippen molar-refractivity contribution in [2.45, 2.75) is 13.8 Å². The SMILES string of the molecule is CC(COc1ccc2oc3ccc(OCC(C)CN(C)C)cc3c2c1)CN(C)C.Cl. The van der Waals surface area contributed by atoms with Crippen molar-refractivity contribution in [3.05, 3.63) is 36.4 Å². The zero-order valence-electron chi connectivity index (χ0n) is 19.0. The van der Waals surface area contributed by atoms with Crippen molar-refractivity contribution in [3.63, 3.8) is 0 Å². The molecule has 166 valence electrons. The average Bonchev–Trinajstić information content (AvgIpc) is 3.01. The van der Waals surface area contributed by atoms with E-state index in [0.29, 0.717) is 25.0 Å². The number of rotatable bonds is 10. The Morgan fingerprint density at radius 3 is 1.50 bits per heavy atom. The molecule has 0 bridgehead atoms. The highest BCUT2D eigenvalue weighted by atomic mass is 35.5. The monoisotopic (exact) mass is 434 g/mol. The summed E-state index contributed by atoms with van der Waals surface area (Å²) in [5, 5.41) is 2.12. The predicted octanol–water partition coefficient (Wildman–Crippen LogP) is 5.16. The van der Waals surface area contributed by atoms with Crippen molar-refractivity contribution in [3.8, 4) is 11.5 Å². The van der Waals surface area contributed by atoms with Crippen molar-refractivity contribution in [2.24, 2.45) is 11.8 Å². The molecule has 0 aliphatic heterocycles. The summed E-state index contributed by atoms with van der Waals surface area (Å²) in [5.41, 5.74) is 1.73. The number of nitrogens with zero attached hydrogens (tertiary/aromatic N) is 2. The van der Waals surface area contributed by atoms with E-state index in [9.17, 15) is 0 Å². The molecule has 0 amide bonds. The van der Waals surface area contributed by atoms with Gasteiger partial charge in [0.25, 0.3) is 0 Å². The zero-order valence-corrected chi connectivity index (χ0v) is 19.8. The van der Waals surface area contributed by atoms with Gasteiger partial charge in [-0.25, -0.2) is 0 Å². The fraction of sp³-hybridized carbons (Fsp3) is 0.500. The Morgan fingerprint density at radius 1 is 0.733 bits per heavy atom. The number of benzene rings is 2. The van der Waals surface area contributed by atoms with E-state index in [0.717, 1.165) is 46.5 Å². The van der Waals surface area contributed by atoms with Gasteiger partial charge in [0.2, 0.25) is 0 Å². The van der Waals surface area contributed by atoms with E-state index in [1.165, 1.54) is 0 Å². The minimum Gasteiger partial charge on any atom is -0.493 e.